The van der Waals surface area contributed by atoms with Gasteiger partial charge in [-0.15, -0.1) is 0 Å². The summed E-state index contributed by atoms with van der Waals surface area (Å²) in [6.07, 6.45) is 11.1. The van der Waals surface area contributed by atoms with E-state index in [-0.39, 0.29) is 0 Å². The van der Waals surface area contributed by atoms with Gasteiger partial charge in [-0.25, -0.2) is 15.0 Å². The van der Waals surface area contributed by atoms with E-state index < -0.39 is 0 Å². The number of rotatable bonds is 4. The number of aromatic nitrogens is 6. The number of hydrogen-bond acceptors (Lipinski definition) is 5. The highest BCUT2D eigenvalue weighted by Gasteiger charge is 2.05. The highest BCUT2D eigenvalue weighted by Crippen LogP contribution is 2.24. The third-order valence-corrected chi connectivity index (χ3v) is 4.55. The molecule has 7 heteroatoms. The van der Waals surface area contributed by atoms with Crippen LogP contribution in [0, 0.1) is 0 Å². The first-order chi connectivity index (χ1) is 13.7. The van der Waals surface area contributed by atoms with Crippen LogP contribution in [-0.4, -0.2) is 29.3 Å². The van der Waals surface area contributed by atoms with Crippen LogP contribution in [0.2, 0.25) is 0 Å². The molecule has 0 fully saturated rings. The van der Waals surface area contributed by atoms with Crippen molar-refractivity contribution in [2.75, 3.05) is 5.32 Å². The summed E-state index contributed by atoms with van der Waals surface area (Å²) in [4.78, 5) is 13.2. The smallest absolute Gasteiger partial charge is 0.227 e. The number of nitrogens with one attached hydrogen (secondary N) is 1. The van der Waals surface area contributed by atoms with Crippen molar-refractivity contribution in [3.05, 3.63) is 79.8 Å². The molecule has 2 aromatic carbocycles. The van der Waals surface area contributed by atoms with Crippen molar-refractivity contribution in [2.45, 2.75) is 0 Å². The molecule has 0 radical (unpaired) electrons. The summed E-state index contributed by atoms with van der Waals surface area (Å²) < 4.78 is 3.75. The van der Waals surface area contributed by atoms with Gasteiger partial charge >= 0.3 is 0 Å². The number of imidazole rings is 1. The van der Waals surface area contributed by atoms with Crippen LogP contribution in [0.4, 0.5) is 11.6 Å². The first-order valence-electron chi connectivity index (χ1n) is 8.86. The predicted molar refractivity (Wildman–Crippen MR) is 109 cm³/mol. The Bertz CT molecular complexity index is 1240. The quantitative estimate of drug-likeness (QED) is 0.520. The Hall–Kier alpha value is -4.00. The summed E-state index contributed by atoms with van der Waals surface area (Å²) in [7, 11) is 1.91. The molecule has 0 amide bonds. The second-order valence-corrected chi connectivity index (χ2v) is 6.51. The van der Waals surface area contributed by atoms with Crippen molar-refractivity contribution in [2.24, 2.45) is 7.05 Å². The van der Waals surface area contributed by atoms with Crippen LogP contribution < -0.4 is 5.32 Å². The van der Waals surface area contributed by atoms with E-state index in [9.17, 15) is 0 Å². The molecule has 0 saturated carbocycles. The zero-order valence-corrected chi connectivity index (χ0v) is 15.2. The maximum Gasteiger partial charge on any atom is 0.227 e. The predicted octanol–water partition coefficient (Wildman–Crippen LogP) is 3.96. The fourth-order valence-electron chi connectivity index (χ4n) is 3.09. The molecule has 136 valence electrons. The van der Waals surface area contributed by atoms with E-state index in [1.807, 2.05) is 66.7 Å². The molecule has 1 N–H and O–H groups in total. The second-order valence-electron chi connectivity index (χ2n) is 6.51. The molecule has 0 bridgehead atoms. The molecular weight excluding hydrogens is 350 g/mol. The number of anilines is 2. The molecule has 5 aromatic rings. The lowest BCUT2D eigenvalue weighted by atomic mass is 10.1. The van der Waals surface area contributed by atoms with Gasteiger partial charge in [-0.2, -0.15) is 5.10 Å². The lowest BCUT2D eigenvalue weighted by Crippen LogP contribution is -1.98. The molecule has 0 unspecified atom stereocenters. The summed E-state index contributed by atoms with van der Waals surface area (Å²) in [6, 6.07) is 14.2. The highest BCUT2D eigenvalue weighted by molar-refractivity contribution is 5.84. The van der Waals surface area contributed by atoms with Crippen molar-refractivity contribution in [1.29, 1.82) is 0 Å². The van der Waals surface area contributed by atoms with Gasteiger partial charge in [-0.3, -0.25) is 4.68 Å². The number of fused-ring (bicyclic) bond motifs is 1. The minimum atomic E-state index is 0.561. The molecule has 0 saturated heterocycles. The Labute approximate surface area is 161 Å². The van der Waals surface area contributed by atoms with Crippen LogP contribution in [0.1, 0.15) is 0 Å². The number of hydrogen-bond donors (Lipinski definition) is 1. The summed E-state index contributed by atoms with van der Waals surface area (Å²) in [6.45, 7) is 0. The van der Waals surface area contributed by atoms with Gasteiger partial charge in [0.15, 0.2) is 0 Å². The van der Waals surface area contributed by atoms with E-state index in [1.165, 1.54) is 0 Å². The van der Waals surface area contributed by atoms with E-state index in [1.54, 1.807) is 17.2 Å². The van der Waals surface area contributed by atoms with E-state index in [0.29, 0.717) is 5.95 Å². The molecule has 0 aliphatic carbocycles. The molecule has 3 heterocycles. The van der Waals surface area contributed by atoms with Gasteiger partial charge in [-0.05, 0) is 35.9 Å². The SMILES string of the molecule is Cn1cc(-c2ccc3cnc(Nc4ccc(-n5ccnc5)cc4)nc3c2)cn1. The standard InChI is InChI=1S/C21H17N7/c1-27-13-17(12-24-27)15-2-3-16-11-23-21(26-20(16)10-15)25-18-4-6-19(7-5-18)28-9-8-22-14-28/h2-14H,1H3,(H,23,25,26). The zero-order chi connectivity index (χ0) is 18.9. The van der Waals surface area contributed by atoms with Crippen molar-refractivity contribution in [1.82, 2.24) is 29.3 Å². The van der Waals surface area contributed by atoms with Gasteiger partial charge in [0.2, 0.25) is 5.95 Å². The third kappa shape index (κ3) is 3.09. The maximum atomic E-state index is 4.67. The molecule has 0 atom stereocenters. The van der Waals surface area contributed by atoms with Crippen LogP contribution in [0.3, 0.4) is 0 Å². The molecular formula is C21H17N7. The fourth-order valence-corrected chi connectivity index (χ4v) is 3.09. The van der Waals surface area contributed by atoms with Crippen LogP contribution >= 0.6 is 0 Å². The second kappa shape index (κ2) is 6.62. The Balaban J connectivity index is 1.42. The van der Waals surface area contributed by atoms with Crippen LogP contribution in [0.15, 0.2) is 79.8 Å². The first-order valence-corrected chi connectivity index (χ1v) is 8.86. The van der Waals surface area contributed by atoms with Gasteiger partial charge in [-0.1, -0.05) is 12.1 Å². The zero-order valence-electron chi connectivity index (χ0n) is 15.2. The Morgan fingerprint density at radius 3 is 2.61 bits per heavy atom. The van der Waals surface area contributed by atoms with Gasteiger partial charge in [0.05, 0.1) is 18.0 Å². The topological polar surface area (TPSA) is 73.5 Å². The number of benzene rings is 2. The van der Waals surface area contributed by atoms with Gasteiger partial charge in [0.1, 0.15) is 0 Å². The van der Waals surface area contributed by atoms with Crippen LogP contribution in [0.25, 0.3) is 27.7 Å². The lowest BCUT2D eigenvalue weighted by Gasteiger charge is -2.08. The Morgan fingerprint density at radius 2 is 1.86 bits per heavy atom. The van der Waals surface area contributed by atoms with E-state index in [2.05, 4.69) is 37.5 Å². The van der Waals surface area contributed by atoms with Crippen LogP contribution in [-0.2, 0) is 7.05 Å². The van der Waals surface area contributed by atoms with Crippen molar-refractivity contribution < 1.29 is 0 Å². The summed E-state index contributed by atoms with van der Waals surface area (Å²) in [5, 5.41) is 8.50. The number of aryl methyl sites for hydroxylation is 1. The van der Waals surface area contributed by atoms with E-state index in [4.69, 9.17) is 0 Å². The molecule has 0 aliphatic heterocycles. The molecule has 0 aliphatic rings. The summed E-state index contributed by atoms with van der Waals surface area (Å²) in [5.74, 6) is 0.561. The Kier molecular flexibility index (Phi) is 3.83. The van der Waals surface area contributed by atoms with Crippen molar-refractivity contribution in [3.8, 4) is 16.8 Å². The fraction of sp³-hybridized carbons (Fsp3) is 0.0476. The minimum absolute atomic E-state index is 0.561. The average molecular weight is 367 g/mol. The highest BCUT2D eigenvalue weighted by atomic mass is 15.2. The Morgan fingerprint density at radius 1 is 0.964 bits per heavy atom. The first kappa shape index (κ1) is 16.2. The normalized spacial score (nSPS) is 11.0. The minimum Gasteiger partial charge on any atom is -0.324 e. The van der Waals surface area contributed by atoms with Crippen LogP contribution in [0.5, 0.6) is 0 Å². The largest absolute Gasteiger partial charge is 0.324 e. The van der Waals surface area contributed by atoms with Crippen molar-refractivity contribution >= 4 is 22.5 Å². The monoisotopic (exact) mass is 367 g/mol. The van der Waals surface area contributed by atoms with Gasteiger partial charge in [0.25, 0.3) is 0 Å². The lowest BCUT2D eigenvalue weighted by molar-refractivity contribution is 0.768. The molecule has 5 rings (SSSR count). The van der Waals surface area contributed by atoms with Gasteiger partial charge in [0, 0.05) is 54.2 Å². The van der Waals surface area contributed by atoms with E-state index in [0.717, 1.165) is 33.4 Å². The summed E-state index contributed by atoms with van der Waals surface area (Å²) >= 11 is 0. The average Bonchev–Trinajstić information content (AvgIpc) is 3.40. The molecule has 7 nitrogen and oxygen atoms in total. The number of nitrogens with zero attached hydrogens (tertiary/aromatic N) is 6. The van der Waals surface area contributed by atoms with E-state index >= 15 is 0 Å². The molecule has 28 heavy (non-hydrogen) atoms. The summed E-state index contributed by atoms with van der Waals surface area (Å²) in [5.41, 5.74) is 4.99. The van der Waals surface area contributed by atoms with Crippen molar-refractivity contribution in [3.63, 3.8) is 0 Å². The van der Waals surface area contributed by atoms with Gasteiger partial charge < -0.3 is 9.88 Å². The molecule has 0 spiro atoms. The third-order valence-electron chi connectivity index (χ3n) is 4.55. The molecule has 3 aromatic heterocycles. The maximum absolute atomic E-state index is 4.67.